The number of carbonyl (C=O) groups excluding carboxylic acids is 3. The Balaban J connectivity index is 3.82. The molecule has 71 heavy (non-hydrogen) atoms. The number of esters is 3. The number of rotatable bonds is 60. The second-order valence-corrected chi connectivity index (χ2v) is 22.0. The molecule has 0 heterocycles. The van der Waals surface area contributed by atoms with Crippen LogP contribution in [0.2, 0.25) is 0 Å². The SMILES string of the molecule is CCCC/C=C\CCCCCCCC(=O)OC(COC(=O)CCCCCCCCC)COC(=O)CCCCCCCCCCCCCCCCCCCCCCCCCCCCCCCCCCCCC. The van der Waals surface area contributed by atoms with Gasteiger partial charge in [0.2, 0.25) is 0 Å². The summed E-state index contributed by atoms with van der Waals surface area (Å²) < 4.78 is 16.8. The van der Waals surface area contributed by atoms with Gasteiger partial charge in [0.05, 0.1) is 0 Å². The molecule has 1 atom stereocenters. The van der Waals surface area contributed by atoms with Crippen molar-refractivity contribution < 1.29 is 28.6 Å². The second-order valence-electron chi connectivity index (χ2n) is 22.0. The normalized spacial score (nSPS) is 12.0. The number of hydrogen-bond acceptors (Lipinski definition) is 6. The topological polar surface area (TPSA) is 78.9 Å². The van der Waals surface area contributed by atoms with Crippen molar-refractivity contribution in [1.29, 1.82) is 0 Å². The summed E-state index contributed by atoms with van der Waals surface area (Å²) in [6.45, 7) is 6.60. The zero-order valence-corrected chi connectivity index (χ0v) is 48.3. The fourth-order valence-corrected chi connectivity index (χ4v) is 9.90. The molecule has 0 aromatic heterocycles. The van der Waals surface area contributed by atoms with Gasteiger partial charge in [-0.2, -0.15) is 0 Å². The first-order valence-electron chi connectivity index (χ1n) is 32.2. The molecule has 0 aromatic rings. The molecule has 0 saturated carbocycles. The van der Waals surface area contributed by atoms with Crippen molar-refractivity contribution >= 4 is 17.9 Å². The zero-order valence-electron chi connectivity index (χ0n) is 48.3. The van der Waals surface area contributed by atoms with E-state index in [2.05, 4.69) is 32.9 Å². The molecule has 0 radical (unpaired) electrons. The van der Waals surface area contributed by atoms with Gasteiger partial charge >= 0.3 is 17.9 Å². The fraction of sp³-hybridized carbons (Fsp3) is 0.923. The van der Waals surface area contributed by atoms with E-state index in [0.717, 1.165) is 64.2 Å². The maximum atomic E-state index is 12.7. The fourth-order valence-electron chi connectivity index (χ4n) is 9.90. The third-order valence-electron chi connectivity index (χ3n) is 14.8. The largest absolute Gasteiger partial charge is 0.462 e. The zero-order chi connectivity index (χ0) is 51.4. The second kappa shape index (κ2) is 60.7. The van der Waals surface area contributed by atoms with Gasteiger partial charge in [0.15, 0.2) is 6.10 Å². The van der Waals surface area contributed by atoms with E-state index in [-0.39, 0.29) is 31.1 Å². The van der Waals surface area contributed by atoms with E-state index in [0.29, 0.717) is 19.3 Å². The van der Waals surface area contributed by atoms with E-state index in [1.165, 1.54) is 263 Å². The molecule has 420 valence electrons. The quantitative estimate of drug-likeness (QED) is 0.0261. The number of allylic oxidation sites excluding steroid dienone is 2. The van der Waals surface area contributed by atoms with Crippen LogP contribution in [-0.2, 0) is 28.6 Å². The highest BCUT2D eigenvalue weighted by Crippen LogP contribution is 2.18. The molecule has 0 aromatic carbocycles. The third kappa shape index (κ3) is 58.9. The van der Waals surface area contributed by atoms with Crippen LogP contribution in [0, 0.1) is 0 Å². The minimum absolute atomic E-state index is 0.0687. The summed E-state index contributed by atoms with van der Waals surface area (Å²) in [6.07, 6.45) is 71.5. The predicted octanol–water partition coefficient (Wildman–Crippen LogP) is 21.7. The molecule has 1 unspecified atom stereocenters. The molecule has 0 N–H and O–H groups in total. The van der Waals surface area contributed by atoms with Gasteiger partial charge in [-0.3, -0.25) is 14.4 Å². The Morgan fingerprint density at radius 1 is 0.268 bits per heavy atom. The van der Waals surface area contributed by atoms with Crippen LogP contribution in [0.1, 0.15) is 367 Å². The van der Waals surface area contributed by atoms with Crippen molar-refractivity contribution in [3.8, 4) is 0 Å². The van der Waals surface area contributed by atoms with Crippen LogP contribution in [0.5, 0.6) is 0 Å². The molecule has 0 aliphatic heterocycles. The van der Waals surface area contributed by atoms with E-state index in [1.54, 1.807) is 0 Å². The van der Waals surface area contributed by atoms with Crippen LogP contribution in [0.15, 0.2) is 12.2 Å². The summed E-state index contributed by atoms with van der Waals surface area (Å²) in [6, 6.07) is 0. The van der Waals surface area contributed by atoms with Crippen LogP contribution in [-0.4, -0.2) is 37.2 Å². The monoisotopic (exact) mass is 1000 g/mol. The molecule has 0 aliphatic rings. The average molecular weight is 1000 g/mol. The Hall–Kier alpha value is -1.85. The lowest BCUT2D eigenvalue weighted by atomic mass is 10.0. The van der Waals surface area contributed by atoms with Crippen molar-refractivity contribution in [2.45, 2.75) is 374 Å². The molecular formula is C65H124O6. The van der Waals surface area contributed by atoms with Crippen molar-refractivity contribution in [1.82, 2.24) is 0 Å². The Kier molecular flexibility index (Phi) is 59.1. The lowest BCUT2D eigenvalue weighted by Gasteiger charge is -2.18. The molecular weight excluding hydrogens is 877 g/mol. The highest BCUT2D eigenvalue weighted by molar-refractivity contribution is 5.71. The lowest BCUT2D eigenvalue weighted by Crippen LogP contribution is -2.30. The van der Waals surface area contributed by atoms with Crippen molar-refractivity contribution in [3.05, 3.63) is 12.2 Å². The van der Waals surface area contributed by atoms with Gasteiger partial charge in [0.1, 0.15) is 13.2 Å². The lowest BCUT2D eigenvalue weighted by molar-refractivity contribution is -0.167. The minimum Gasteiger partial charge on any atom is -0.462 e. The molecule has 0 amide bonds. The van der Waals surface area contributed by atoms with E-state index in [1.807, 2.05) is 0 Å². The molecule has 0 bridgehead atoms. The van der Waals surface area contributed by atoms with Crippen molar-refractivity contribution in [2.24, 2.45) is 0 Å². The smallest absolute Gasteiger partial charge is 0.306 e. The summed E-state index contributed by atoms with van der Waals surface area (Å²) in [5, 5.41) is 0. The van der Waals surface area contributed by atoms with Crippen LogP contribution in [0.25, 0.3) is 0 Å². The maximum Gasteiger partial charge on any atom is 0.306 e. The predicted molar refractivity (Wildman–Crippen MR) is 307 cm³/mol. The molecule has 6 nitrogen and oxygen atoms in total. The number of hydrogen-bond donors (Lipinski definition) is 0. The van der Waals surface area contributed by atoms with Crippen molar-refractivity contribution in [2.75, 3.05) is 13.2 Å². The molecule has 0 spiro atoms. The minimum atomic E-state index is -0.767. The number of unbranched alkanes of at least 4 members (excludes halogenated alkanes) is 47. The van der Waals surface area contributed by atoms with Crippen LogP contribution < -0.4 is 0 Å². The van der Waals surface area contributed by atoms with E-state index in [4.69, 9.17) is 14.2 Å². The Bertz CT molecular complexity index is 1100. The number of ether oxygens (including phenoxy) is 3. The van der Waals surface area contributed by atoms with Crippen molar-refractivity contribution in [3.63, 3.8) is 0 Å². The third-order valence-corrected chi connectivity index (χ3v) is 14.8. The summed E-state index contributed by atoms with van der Waals surface area (Å²) in [5.74, 6) is -0.866. The van der Waals surface area contributed by atoms with Gasteiger partial charge in [-0.15, -0.1) is 0 Å². The van der Waals surface area contributed by atoms with Gasteiger partial charge in [0.25, 0.3) is 0 Å². The van der Waals surface area contributed by atoms with Gasteiger partial charge < -0.3 is 14.2 Å². The van der Waals surface area contributed by atoms with E-state index >= 15 is 0 Å². The first-order valence-corrected chi connectivity index (χ1v) is 32.2. The van der Waals surface area contributed by atoms with E-state index < -0.39 is 6.10 Å². The van der Waals surface area contributed by atoms with Gasteiger partial charge in [-0.05, 0) is 38.5 Å². The Morgan fingerprint density at radius 2 is 0.479 bits per heavy atom. The average Bonchev–Trinajstić information content (AvgIpc) is 3.37. The summed E-state index contributed by atoms with van der Waals surface area (Å²) >= 11 is 0. The molecule has 6 heteroatoms. The summed E-state index contributed by atoms with van der Waals surface area (Å²) in [4.78, 5) is 37.8. The Morgan fingerprint density at radius 3 is 0.746 bits per heavy atom. The van der Waals surface area contributed by atoms with Gasteiger partial charge in [-0.1, -0.05) is 322 Å². The summed E-state index contributed by atoms with van der Waals surface area (Å²) in [7, 11) is 0. The van der Waals surface area contributed by atoms with Crippen LogP contribution in [0.4, 0.5) is 0 Å². The first kappa shape index (κ1) is 69.2. The Labute approximate surface area is 443 Å². The van der Waals surface area contributed by atoms with E-state index in [9.17, 15) is 14.4 Å². The molecule has 0 fully saturated rings. The van der Waals surface area contributed by atoms with Gasteiger partial charge in [0, 0.05) is 19.3 Å². The molecule has 0 rings (SSSR count). The standard InChI is InChI=1S/C65H124O6/c1-4-7-10-13-16-18-20-21-22-23-24-25-26-27-28-29-30-31-32-33-34-35-36-37-38-39-40-41-42-43-45-46-49-52-55-58-64(67)70-61-62(60-69-63(66)57-54-51-48-15-12-9-6-3)71-65(68)59-56-53-50-47-44-19-17-14-11-8-5-2/h14,17,62H,4-13,15-16,18-61H2,1-3H3/b17-14-. The first-order chi connectivity index (χ1) is 35.0. The number of carbonyl (C=O) groups is 3. The highest BCUT2D eigenvalue weighted by atomic mass is 16.6. The summed E-state index contributed by atoms with van der Waals surface area (Å²) in [5.41, 5.74) is 0. The molecule has 0 aliphatic carbocycles. The molecule has 0 saturated heterocycles. The highest BCUT2D eigenvalue weighted by Gasteiger charge is 2.19. The van der Waals surface area contributed by atoms with Crippen LogP contribution in [0.3, 0.4) is 0 Å². The van der Waals surface area contributed by atoms with Crippen LogP contribution >= 0.6 is 0 Å². The van der Waals surface area contributed by atoms with Gasteiger partial charge in [-0.25, -0.2) is 0 Å². The maximum absolute atomic E-state index is 12.7.